The number of nitrogens with one attached hydrogen (secondary N) is 4. The Morgan fingerprint density at radius 2 is 1.38 bits per heavy atom. The van der Waals surface area contributed by atoms with E-state index in [2.05, 4.69) is 37.7 Å². The number of anilines is 1. The molecular weight excluding hydrogens is 664 g/mol. The van der Waals surface area contributed by atoms with Gasteiger partial charge in [-0.15, -0.1) is 0 Å². The van der Waals surface area contributed by atoms with Crippen molar-refractivity contribution >= 4 is 62.8 Å². The van der Waals surface area contributed by atoms with Gasteiger partial charge in [-0.3, -0.25) is 28.8 Å². The standard InChI is InChI=1S/C38H56N8O6/c1-4-5-15-32-45-36-37(29-12-6-7-14-31(29)44-38(36)39)46(32)24-11-10-23-42-33(50)19-16-27(48)17-20-35(52)43-25-28(49)18-21-34(51)41-22-9-8-13-30(40-3)26(2)47/h6-7,12,14,30,40H,4-5,8-11,13,15-25H2,1-3H3,(H2,39,44)(H,41,51)(H,42,50)(H,43,52). The van der Waals surface area contributed by atoms with Gasteiger partial charge in [0.2, 0.25) is 17.7 Å². The van der Waals surface area contributed by atoms with Crippen molar-refractivity contribution in [1.29, 1.82) is 0 Å². The van der Waals surface area contributed by atoms with E-state index in [1.807, 2.05) is 24.3 Å². The smallest absolute Gasteiger partial charge is 0.220 e. The Bertz CT molecular complexity index is 1690. The normalized spacial score (nSPS) is 11.8. The first kappa shape index (κ1) is 41.7. The number of aromatic nitrogens is 3. The Kier molecular flexibility index (Phi) is 17.9. The number of ketones is 3. The minimum absolute atomic E-state index is 0.00317. The summed E-state index contributed by atoms with van der Waals surface area (Å²) in [5.41, 5.74) is 8.84. The number of benzene rings is 1. The minimum atomic E-state index is -0.434. The van der Waals surface area contributed by atoms with E-state index in [0.29, 0.717) is 25.3 Å². The largest absolute Gasteiger partial charge is 0.382 e. The second-order valence-electron chi connectivity index (χ2n) is 13.2. The van der Waals surface area contributed by atoms with Crippen LogP contribution in [0.3, 0.4) is 0 Å². The number of imidazole rings is 1. The molecule has 0 fully saturated rings. The molecule has 3 rings (SSSR count). The molecule has 2 heterocycles. The number of pyridine rings is 1. The van der Waals surface area contributed by atoms with Crippen molar-refractivity contribution in [3.05, 3.63) is 30.1 Å². The molecule has 2 aromatic heterocycles. The van der Waals surface area contributed by atoms with Crippen molar-refractivity contribution in [1.82, 2.24) is 35.8 Å². The summed E-state index contributed by atoms with van der Waals surface area (Å²) in [4.78, 5) is 81.8. The van der Waals surface area contributed by atoms with E-state index in [1.165, 1.54) is 0 Å². The van der Waals surface area contributed by atoms with E-state index in [-0.39, 0.29) is 80.3 Å². The van der Waals surface area contributed by atoms with Crippen LogP contribution in [0, 0.1) is 0 Å². The maximum Gasteiger partial charge on any atom is 0.220 e. The van der Waals surface area contributed by atoms with Crippen LogP contribution < -0.4 is 27.0 Å². The fourth-order valence-electron chi connectivity index (χ4n) is 5.98. The maximum absolute atomic E-state index is 12.4. The zero-order chi connectivity index (χ0) is 37.9. The molecule has 3 aromatic rings. The van der Waals surface area contributed by atoms with Crippen molar-refractivity contribution in [3.63, 3.8) is 0 Å². The lowest BCUT2D eigenvalue weighted by Crippen LogP contribution is -2.32. The highest BCUT2D eigenvalue weighted by molar-refractivity contribution is 6.06. The molecule has 0 saturated heterocycles. The van der Waals surface area contributed by atoms with Crippen LogP contribution in [0.2, 0.25) is 0 Å². The van der Waals surface area contributed by atoms with Gasteiger partial charge in [-0.25, -0.2) is 9.97 Å². The first-order valence-corrected chi connectivity index (χ1v) is 18.6. The van der Waals surface area contributed by atoms with Crippen LogP contribution in [0.4, 0.5) is 5.82 Å². The summed E-state index contributed by atoms with van der Waals surface area (Å²) in [6.45, 7) is 5.15. The van der Waals surface area contributed by atoms with Crippen LogP contribution in [0.1, 0.15) is 103 Å². The van der Waals surface area contributed by atoms with Gasteiger partial charge in [-0.2, -0.15) is 0 Å². The Labute approximate surface area is 305 Å². The van der Waals surface area contributed by atoms with Crippen molar-refractivity contribution in [2.45, 2.75) is 116 Å². The fourth-order valence-corrected chi connectivity index (χ4v) is 5.98. The number of likely N-dealkylation sites (N-methyl/N-ethyl adjacent to an activating group) is 1. The molecular formula is C38H56N8O6. The maximum atomic E-state index is 12.4. The Balaban J connectivity index is 1.26. The number of carbonyl (C=O) groups excluding carboxylic acids is 6. The topological polar surface area (TPSA) is 207 Å². The summed E-state index contributed by atoms with van der Waals surface area (Å²) in [5, 5.41) is 12.1. The lowest BCUT2D eigenvalue weighted by Gasteiger charge is -2.12. The molecule has 6 N–H and O–H groups in total. The van der Waals surface area contributed by atoms with E-state index in [0.717, 1.165) is 79.3 Å². The average molecular weight is 721 g/mol. The quantitative estimate of drug-likeness (QED) is 0.0764. The zero-order valence-electron chi connectivity index (χ0n) is 31.0. The van der Waals surface area contributed by atoms with E-state index in [9.17, 15) is 28.8 Å². The molecule has 0 saturated carbocycles. The van der Waals surface area contributed by atoms with Crippen LogP contribution in [-0.4, -0.2) is 82.3 Å². The molecule has 0 radical (unpaired) electrons. The number of hydrogen-bond donors (Lipinski definition) is 5. The third kappa shape index (κ3) is 13.8. The van der Waals surface area contributed by atoms with E-state index in [4.69, 9.17) is 10.7 Å². The van der Waals surface area contributed by atoms with Crippen LogP contribution in [0.5, 0.6) is 0 Å². The van der Waals surface area contributed by atoms with Gasteiger partial charge in [0, 0.05) is 70.0 Å². The van der Waals surface area contributed by atoms with Gasteiger partial charge in [0.25, 0.3) is 0 Å². The number of Topliss-reactive ketones (excluding diaryl/α,β-unsaturated/α-hetero) is 3. The number of unbranched alkanes of at least 4 members (excludes halogenated alkanes) is 3. The zero-order valence-corrected chi connectivity index (χ0v) is 31.0. The minimum Gasteiger partial charge on any atom is -0.382 e. The van der Waals surface area contributed by atoms with Crippen molar-refractivity contribution in [3.8, 4) is 0 Å². The number of nitrogens with zero attached hydrogens (tertiary/aromatic N) is 3. The molecule has 1 unspecified atom stereocenters. The number of amides is 3. The summed E-state index contributed by atoms with van der Waals surface area (Å²) in [6, 6.07) is 7.73. The number of rotatable bonds is 26. The van der Waals surface area contributed by atoms with E-state index < -0.39 is 5.91 Å². The van der Waals surface area contributed by atoms with E-state index >= 15 is 0 Å². The van der Waals surface area contributed by atoms with E-state index in [1.54, 1.807) is 14.0 Å². The van der Waals surface area contributed by atoms with Gasteiger partial charge < -0.3 is 31.6 Å². The second-order valence-corrected chi connectivity index (χ2v) is 13.2. The van der Waals surface area contributed by atoms with Crippen molar-refractivity contribution in [2.75, 3.05) is 32.4 Å². The average Bonchev–Trinajstić information content (AvgIpc) is 3.50. The third-order valence-electron chi connectivity index (χ3n) is 9.03. The molecule has 3 amide bonds. The molecule has 14 heteroatoms. The van der Waals surface area contributed by atoms with Crippen LogP contribution in [0.15, 0.2) is 24.3 Å². The SMILES string of the molecule is CCCCc1nc2c(N)nc3ccccc3c2n1CCCCNC(=O)CCC(=O)CCC(=O)NCC(=O)CCC(=O)NCCCCC(NC)C(C)=O. The van der Waals surface area contributed by atoms with Gasteiger partial charge in [-0.05, 0) is 58.6 Å². The van der Waals surface area contributed by atoms with Crippen LogP contribution in [-0.2, 0) is 41.7 Å². The third-order valence-corrected chi connectivity index (χ3v) is 9.03. The summed E-state index contributed by atoms with van der Waals surface area (Å²) in [7, 11) is 1.74. The second kappa shape index (κ2) is 22.3. The number of fused-ring (bicyclic) bond motifs is 3. The molecule has 1 aromatic carbocycles. The Morgan fingerprint density at radius 1 is 0.769 bits per heavy atom. The number of nitrogens with two attached hydrogens (primary N) is 1. The number of nitrogen functional groups attached to an aromatic ring is 1. The lowest BCUT2D eigenvalue weighted by molar-refractivity contribution is -0.128. The fraction of sp³-hybridized carbons (Fsp3) is 0.579. The highest BCUT2D eigenvalue weighted by Crippen LogP contribution is 2.29. The highest BCUT2D eigenvalue weighted by Gasteiger charge is 2.17. The van der Waals surface area contributed by atoms with Crippen LogP contribution in [0.25, 0.3) is 21.9 Å². The van der Waals surface area contributed by atoms with Crippen molar-refractivity contribution < 1.29 is 28.8 Å². The number of carbonyl (C=O) groups is 6. The number of aryl methyl sites for hydroxylation is 2. The molecule has 0 aliphatic rings. The number of para-hydroxylation sites is 1. The van der Waals surface area contributed by atoms with Crippen LogP contribution >= 0.6 is 0 Å². The van der Waals surface area contributed by atoms with Gasteiger partial charge in [0.05, 0.1) is 23.6 Å². The Hall–Kier alpha value is -4.72. The predicted octanol–water partition coefficient (Wildman–Crippen LogP) is 3.46. The summed E-state index contributed by atoms with van der Waals surface area (Å²) >= 11 is 0. The Morgan fingerprint density at radius 3 is 2.02 bits per heavy atom. The monoisotopic (exact) mass is 720 g/mol. The molecule has 0 spiro atoms. The molecule has 52 heavy (non-hydrogen) atoms. The first-order chi connectivity index (χ1) is 25.0. The summed E-state index contributed by atoms with van der Waals surface area (Å²) in [5.74, 6) is 0.104. The first-order valence-electron chi connectivity index (χ1n) is 18.6. The molecule has 14 nitrogen and oxygen atoms in total. The summed E-state index contributed by atoms with van der Waals surface area (Å²) in [6.07, 6.45) is 6.67. The van der Waals surface area contributed by atoms with Gasteiger partial charge in [0.1, 0.15) is 22.9 Å². The lowest BCUT2D eigenvalue weighted by atomic mass is 10.1. The molecule has 0 aliphatic heterocycles. The van der Waals surface area contributed by atoms with Gasteiger partial charge in [0.15, 0.2) is 11.6 Å². The summed E-state index contributed by atoms with van der Waals surface area (Å²) < 4.78 is 2.24. The number of hydrogen-bond acceptors (Lipinski definition) is 10. The molecule has 0 bridgehead atoms. The molecule has 1 atom stereocenters. The van der Waals surface area contributed by atoms with Crippen molar-refractivity contribution in [2.24, 2.45) is 0 Å². The highest BCUT2D eigenvalue weighted by atomic mass is 16.2. The van der Waals surface area contributed by atoms with Gasteiger partial charge >= 0.3 is 0 Å². The molecule has 284 valence electrons. The molecule has 0 aliphatic carbocycles. The van der Waals surface area contributed by atoms with Gasteiger partial charge in [-0.1, -0.05) is 31.5 Å². The predicted molar refractivity (Wildman–Crippen MR) is 201 cm³/mol.